The van der Waals surface area contributed by atoms with E-state index in [1.165, 1.54) is 77.9 Å². The Bertz CT molecular complexity index is 3350. The summed E-state index contributed by atoms with van der Waals surface area (Å²) in [5, 5.41) is 2.30. The molecule has 290 valence electrons. The highest BCUT2D eigenvalue weighted by atomic mass is 16.3. The molecule has 1 atom stereocenters. The van der Waals surface area contributed by atoms with Gasteiger partial charge >= 0.3 is 0 Å². The number of hydrogen-bond acceptors (Lipinski definition) is 2. The maximum Gasteiger partial charge on any atom is 0.143 e. The van der Waals surface area contributed by atoms with E-state index in [1.54, 1.807) is 0 Å². The maximum absolute atomic E-state index is 6.84. The molecule has 1 unspecified atom stereocenters. The van der Waals surface area contributed by atoms with Crippen molar-refractivity contribution < 1.29 is 4.42 Å². The minimum absolute atomic E-state index is 0.553. The third-order valence-corrected chi connectivity index (χ3v) is 13.5. The highest BCUT2D eigenvalue weighted by Gasteiger charge is 2.53. The molecule has 2 nitrogen and oxygen atoms in total. The fraction of sp³-hybridized carbons (Fsp3) is 0.0847. The van der Waals surface area contributed by atoms with Gasteiger partial charge in [-0.05, 0) is 104 Å². The fourth-order valence-corrected chi connectivity index (χ4v) is 10.9. The topological polar surface area (TPSA) is 16.4 Å². The van der Waals surface area contributed by atoms with E-state index in [9.17, 15) is 0 Å². The molecule has 1 aromatic heterocycles. The lowest BCUT2D eigenvalue weighted by Gasteiger charge is -2.32. The summed E-state index contributed by atoms with van der Waals surface area (Å²) in [6, 6.07) is 74.1. The zero-order chi connectivity index (χ0) is 40.7. The summed E-state index contributed by atoms with van der Waals surface area (Å²) >= 11 is 0. The van der Waals surface area contributed by atoms with Crippen molar-refractivity contribution in [3.8, 4) is 44.5 Å². The van der Waals surface area contributed by atoms with Crippen LogP contribution in [-0.4, -0.2) is 0 Å². The van der Waals surface area contributed by atoms with Gasteiger partial charge in [-0.3, -0.25) is 0 Å². The van der Waals surface area contributed by atoms with Crippen molar-refractivity contribution in [3.63, 3.8) is 0 Å². The van der Waals surface area contributed by atoms with E-state index in [-0.39, 0.29) is 0 Å². The average Bonchev–Trinajstić information content (AvgIpc) is 3.96. The Hall–Kier alpha value is -7.42. The molecule has 0 saturated carbocycles. The Morgan fingerprint density at radius 3 is 1.79 bits per heavy atom. The number of nitrogens with zero attached hydrogens (tertiary/aromatic N) is 1. The predicted octanol–water partition coefficient (Wildman–Crippen LogP) is 15.9. The van der Waals surface area contributed by atoms with Crippen LogP contribution < -0.4 is 4.90 Å². The summed E-state index contributed by atoms with van der Waals surface area (Å²) in [6.45, 7) is 4.53. The first-order chi connectivity index (χ1) is 30.2. The molecule has 0 aliphatic heterocycles. The van der Waals surface area contributed by atoms with Crippen LogP contribution in [0.3, 0.4) is 0 Å². The summed E-state index contributed by atoms with van der Waals surface area (Å²) in [5.41, 5.74) is 22.5. The molecule has 12 rings (SSSR count). The summed E-state index contributed by atoms with van der Waals surface area (Å²) in [5.74, 6) is 0. The quantitative estimate of drug-likeness (QED) is 0.160. The molecule has 0 fully saturated rings. The van der Waals surface area contributed by atoms with Crippen LogP contribution in [0.2, 0.25) is 0 Å². The second kappa shape index (κ2) is 13.8. The van der Waals surface area contributed by atoms with Crippen LogP contribution in [0.25, 0.3) is 66.4 Å². The lowest BCUT2D eigenvalue weighted by atomic mass is 9.70. The Kier molecular flexibility index (Phi) is 8.05. The minimum atomic E-state index is -0.553. The summed E-state index contributed by atoms with van der Waals surface area (Å²) in [4.78, 5) is 2.54. The normalized spacial score (nSPS) is 14.6. The van der Waals surface area contributed by atoms with Gasteiger partial charge < -0.3 is 9.32 Å². The molecule has 9 aromatic carbocycles. The fourth-order valence-electron chi connectivity index (χ4n) is 10.9. The number of hydrogen-bond donors (Lipinski definition) is 0. The van der Waals surface area contributed by atoms with Gasteiger partial charge in [-0.2, -0.15) is 0 Å². The number of fused-ring (bicyclic) bond motifs is 14. The van der Waals surface area contributed by atoms with E-state index in [0.29, 0.717) is 0 Å². The SMILES string of the molecule is CCc1ccccc1-c1cc(N(c2ccccc2-c2ccccc2)c2cccc3c2-c2ccccc2C32c3ccccc3-c3c2ccc2c3oc3ccccc32)ccc1CC. The molecule has 0 saturated heterocycles. The molecular formula is C59H43NO. The van der Waals surface area contributed by atoms with Crippen molar-refractivity contribution in [3.05, 3.63) is 234 Å². The van der Waals surface area contributed by atoms with Gasteiger partial charge in [-0.25, -0.2) is 0 Å². The summed E-state index contributed by atoms with van der Waals surface area (Å²) in [7, 11) is 0. The van der Waals surface area contributed by atoms with E-state index in [0.717, 1.165) is 51.8 Å². The number of aryl methyl sites for hydroxylation is 2. The van der Waals surface area contributed by atoms with Gasteiger partial charge in [0.1, 0.15) is 11.2 Å². The van der Waals surface area contributed by atoms with Crippen LogP contribution in [0.15, 0.2) is 205 Å². The predicted molar refractivity (Wildman–Crippen MR) is 254 cm³/mol. The second-order valence-electron chi connectivity index (χ2n) is 16.4. The van der Waals surface area contributed by atoms with Crippen molar-refractivity contribution >= 4 is 39.0 Å². The molecule has 0 radical (unpaired) electrons. The van der Waals surface area contributed by atoms with Gasteiger partial charge in [-0.15, -0.1) is 0 Å². The van der Waals surface area contributed by atoms with Gasteiger partial charge in [0.05, 0.1) is 16.8 Å². The van der Waals surface area contributed by atoms with Crippen LogP contribution in [0, 0.1) is 0 Å². The lowest BCUT2D eigenvalue weighted by Crippen LogP contribution is -2.26. The van der Waals surface area contributed by atoms with Crippen LogP contribution in [0.4, 0.5) is 17.1 Å². The van der Waals surface area contributed by atoms with Gasteiger partial charge in [0.2, 0.25) is 0 Å². The number of benzene rings is 9. The van der Waals surface area contributed by atoms with Crippen molar-refractivity contribution in [2.45, 2.75) is 32.1 Å². The number of furan rings is 1. The standard InChI is InChI=1S/C59H43NO/c1-3-38-19-8-9-22-42(38)48-37-41(34-33-39(48)4-2)60(53-30-16-12-23-43(53)40-20-6-5-7-21-40)54-31-18-29-51-56(54)46-25-10-14-27-49(46)59(51)50-28-15-11-26-47(50)57-52(59)36-35-45-44-24-13-17-32-55(44)61-58(45)57/h5-37H,3-4H2,1-2H3. The molecule has 2 aliphatic rings. The van der Waals surface area contributed by atoms with Crippen molar-refractivity contribution in [1.29, 1.82) is 0 Å². The first-order valence-electron chi connectivity index (χ1n) is 21.6. The Balaban J connectivity index is 1.18. The molecule has 10 aromatic rings. The first-order valence-corrected chi connectivity index (χ1v) is 21.6. The Morgan fingerprint density at radius 2 is 1.00 bits per heavy atom. The van der Waals surface area contributed by atoms with E-state index in [1.807, 2.05) is 0 Å². The Morgan fingerprint density at radius 1 is 0.410 bits per heavy atom. The molecule has 0 amide bonds. The average molecular weight is 782 g/mol. The zero-order valence-corrected chi connectivity index (χ0v) is 34.3. The molecule has 1 spiro atoms. The molecular weight excluding hydrogens is 739 g/mol. The number of rotatable bonds is 7. The van der Waals surface area contributed by atoms with Crippen LogP contribution in [0.1, 0.15) is 47.2 Å². The minimum Gasteiger partial charge on any atom is -0.455 e. The van der Waals surface area contributed by atoms with Crippen molar-refractivity contribution in [2.75, 3.05) is 4.90 Å². The zero-order valence-electron chi connectivity index (χ0n) is 34.3. The molecule has 0 N–H and O–H groups in total. The molecule has 0 bridgehead atoms. The van der Waals surface area contributed by atoms with E-state index in [2.05, 4.69) is 219 Å². The van der Waals surface area contributed by atoms with Crippen LogP contribution >= 0.6 is 0 Å². The van der Waals surface area contributed by atoms with Gasteiger partial charge in [0, 0.05) is 33.2 Å². The molecule has 1 heterocycles. The number of anilines is 3. The summed E-state index contributed by atoms with van der Waals surface area (Å²) < 4.78 is 6.84. The molecule has 2 aliphatic carbocycles. The number of para-hydroxylation sites is 2. The largest absolute Gasteiger partial charge is 0.455 e. The third kappa shape index (κ3) is 5.03. The van der Waals surface area contributed by atoms with Crippen LogP contribution in [0.5, 0.6) is 0 Å². The van der Waals surface area contributed by atoms with E-state index >= 15 is 0 Å². The maximum atomic E-state index is 6.84. The highest BCUT2D eigenvalue weighted by molar-refractivity contribution is 6.13. The van der Waals surface area contributed by atoms with Gasteiger partial charge in [0.15, 0.2) is 0 Å². The lowest BCUT2D eigenvalue weighted by molar-refractivity contribution is 0.669. The third-order valence-electron chi connectivity index (χ3n) is 13.5. The van der Waals surface area contributed by atoms with Gasteiger partial charge in [0.25, 0.3) is 0 Å². The highest BCUT2D eigenvalue weighted by Crippen LogP contribution is 2.66. The van der Waals surface area contributed by atoms with Crippen molar-refractivity contribution in [2.24, 2.45) is 0 Å². The van der Waals surface area contributed by atoms with Gasteiger partial charge in [-0.1, -0.05) is 184 Å². The monoisotopic (exact) mass is 781 g/mol. The van der Waals surface area contributed by atoms with Crippen LogP contribution in [-0.2, 0) is 18.3 Å². The second-order valence-corrected chi connectivity index (χ2v) is 16.4. The van der Waals surface area contributed by atoms with E-state index < -0.39 is 5.41 Å². The summed E-state index contributed by atoms with van der Waals surface area (Å²) in [6.07, 6.45) is 1.92. The first kappa shape index (κ1) is 35.5. The Labute approximate surface area is 357 Å². The molecule has 61 heavy (non-hydrogen) atoms. The smallest absolute Gasteiger partial charge is 0.143 e. The van der Waals surface area contributed by atoms with E-state index in [4.69, 9.17) is 4.42 Å². The molecule has 2 heteroatoms. The van der Waals surface area contributed by atoms with Crippen molar-refractivity contribution in [1.82, 2.24) is 0 Å².